The molecule has 0 aliphatic carbocycles. The lowest BCUT2D eigenvalue weighted by atomic mass is 10.1. The Morgan fingerprint density at radius 3 is 2.85 bits per heavy atom. The van der Waals surface area contributed by atoms with E-state index >= 15 is 0 Å². The fourth-order valence-electron chi connectivity index (χ4n) is 1.51. The lowest BCUT2D eigenvalue weighted by Gasteiger charge is -2.07. The Balaban J connectivity index is 2.70. The number of aryl methyl sites for hydroxylation is 1. The van der Waals surface area contributed by atoms with Gasteiger partial charge in [-0.25, -0.2) is 0 Å². The molecule has 2 aromatic rings. The molecular weight excluding hydrogens is 160 g/mol. The summed E-state index contributed by atoms with van der Waals surface area (Å²) in [6, 6.07) is 4.14. The number of hydrogen-bond acceptors (Lipinski definition) is 1. The third kappa shape index (κ3) is 1.32. The Morgan fingerprint density at radius 2 is 2.15 bits per heavy atom. The third-order valence-electron chi connectivity index (χ3n) is 2.31. The average molecular weight is 174 g/mol. The molecule has 0 saturated heterocycles. The average Bonchev–Trinajstić information content (AvgIpc) is 2.51. The van der Waals surface area contributed by atoms with Crippen LogP contribution in [0.1, 0.15) is 31.2 Å². The van der Waals surface area contributed by atoms with E-state index in [9.17, 15) is 0 Å². The first-order valence-electron chi connectivity index (χ1n) is 4.62. The molecule has 0 aromatic carbocycles. The monoisotopic (exact) mass is 174 g/mol. The molecule has 68 valence electrons. The summed E-state index contributed by atoms with van der Waals surface area (Å²) in [5.74, 6) is 0.491. The van der Waals surface area contributed by atoms with E-state index in [1.807, 2.05) is 6.07 Å². The molecule has 0 aliphatic heterocycles. The lowest BCUT2D eigenvalue weighted by Crippen LogP contribution is -1.98. The summed E-state index contributed by atoms with van der Waals surface area (Å²) in [6.07, 6.45) is 4.17. The summed E-state index contributed by atoms with van der Waals surface area (Å²) >= 11 is 0. The van der Waals surface area contributed by atoms with Crippen molar-refractivity contribution in [2.24, 2.45) is 0 Å². The second-order valence-electron chi connectivity index (χ2n) is 3.71. The predicted octanol–water partition coefficient (Wildman–Crippen LogP) is 2.77. The molecular formula is C11H14N2. The smallest absolute Gasteiger partial charge is 0.0664 e. The maximum absolute atomic E-state index is 4.55. The zero-order chi connectivity index (χ0) is 9.42. The lowest BCUT2D eigenvalue weighted by molar-refractivity contribution is 0.801. The van der Waals surface area contributed by atoms with Crippen LogP contribution in [-0.4, -0.2) is 9.38 Å². The van der Waals surface area contributed by atoms with Gasteiger partial charge in [0.05, 0.1) is 16.9 Å². The topological polar surface area (TPSA) is 17.3 Å². The van der Waals surface area contributed by atoms with Crippen molar-refractivity contribution >= 4 is 5.52 Å². The maximum Gasteiger partial charge on any atom is 0.0664 e. The van der Waals surface area contributed by atoms with Crippen LogP contribution in [0.2, 0.25) is 0 Å². The largest absolute Gasteiger partial charge is 0.320 e. The summed E-state index contributed by atoms with van der Waals surface area (Å²) in [4.78, 5) is 4.55. The van der Waals surface area contributed by atoms with Crippen molar-refractivity contribution in [3.63, 3.8) is 0 Å². The zero-order valence-corrected chi connectivity index (χ0v) is 8.28. The van der Waals surface area contributed by atoms with Gasteiger partial charge in [0.15, 0.2) is 0 Å². The SMILES string of the molecule is Cc1nc(C(C)C)cn2cccc12. The second-order valence-corrected chi connectivity index (χ2v) is 3.71. The van der Waals surface area contributed by atoms with Crippen molar-refractivity contribution in [1.82, 2.24) is 9.38 Å². The summed E-state index contributed by atoms with van der Waals surface area (Å²) < 4.78 is 2.14. The summed E-state index contributed by atoms with van der Waals surface area (Å²) in [6.45, 7) is 6.38. The van der Waals surface area contributed by atoms with E-state index in [-0.39, 0.29) is 0 Å². The van der Waals surface area contributed by atoms with E-state index in [0.29, 0.717) is 5.92 Å². The van der Waals surface area contributed by atoms with Crippen LogP contribution in [0.4, 0.5) is 0 Å². The molecule has 0 amide bonds. The van der Waals surface area contributed by atoms with Crippen LogP contribution in [0.15, 0.2) is 24.5 Å². The highest BCUT2D eigenvalue weighted by atomic mass is 14.9. The number of rotatable bonds is 1. The molecule has 0 N–H and O–H groups in total. The van der Waals surface area contributed by atoms with Crippen LogP contribution >= 0.6 is 0 Å². The molecule has 0 bridgehead atoms. The Morgan fingerprint density at radius 1 is 1.38 bits per heavy atom. The summed E-state index contributed by atoms with van der Waals surface area (Å²) in [7, 11) is 0. The molecule has 0 unspecified atom stereocenters. The second kappa shape index (κ2) is 2.87. The predicted molar refractivity (Wildman–Crippen MR) is 54.0 cm³/mol. The van der Waals surface area contributed by atoms with Crippen molar-refractivity contribution in [2.75, 3.05) is 0 Å². The van der Waals surface area contributed by atoms with Crippen LogP contribution in [0.25, 0.3) is 5.52 Å². The van der Waals surface area contributed by atoms with Gasteiger partial charge in [0.1, 0.15) is 0 Å². The molecule has 0 aliphatic rings. The molecule has 13 heavy (non-hydrogen) atoms. The van der Waals surface area contributed by atoms with Crippen molar-refractivity contribution in [1.29, 1.82) is 0 Å². The fraction of sp³-hybridized carbons (Fsp3) is 0.364. The Kier molecular flexibility index (Phi) is 1.83. The van der Waals surface area contributed by atoms with Gasteiger partial charge in [-0.1, -0.05) is 13.8 Å². The highest BCUT2D eigenvalue weighted by Gasteiger charge is 2.04. The fourth-order valence-corrected chi connectivity index (χ4v) is 1.51. The number of aromatic nitrogens is 2. The van der Waals surface area contributed by atoms with Gasteiger partial charge in [0.25, 0.3) is 0 Å². The van der Waals surface area contributed by atoms with Crippen LogP contribution in [0, 0.1) is 6.92 Å². The van der Waals surface area contributed by atoms with Crippen LogP contribution in [0.5, 0.6) is 0 Å². The van der Waals surface area contributed by atoms with Gasteiger partial charge in [0, 0.05) is 12.4 Å². The molecule has 0 atom stereocenters. The molecule has 0 radical (unpaired) electrons. The standard InChI is InChI=1S/C11H14N2/c1-8(2)10-7-13-6-4-5-11(13)9(3)12-10/h4-8H,1-3H3. The maximum atomic E-state index is 4.55. The minimum absolute atomic E-state index is 0.491. The number of nitrogens with zero attached hydrogens (tertiary/aromatic N) is 2. The van der Waals surface area contributed by atoms with Gasteiger partial charge in [-0.2, -0.15) is 0 Å². The van der Waals surface area contributed by atoms with E-state index in [1.54, 1.807) is 0 Å². The molecule has 2 heterocycles. The van der Waals surface area contributed by atoms with Gasteiger partial charge < -0.3 is 4.40 Å². The van der Waals surface area contributed by atoms with Gasteiger partial charge in [-0.05, 0) is 25.0 Å². The van der Waals surface area contributed by atoms with Gasteiger partial charge in [-0.15, -0.1) is 0 Å². The molecule has 2 rings (SSSR count). The van der Waals surface area contributed by atoms with Crippen LogP contribution in [0.3, 0.4) is 0 Å². The molecule has 2 nitrogen and oxygen atoms in total. The molecule has 2 aromatic heterocycles. The highest BCUT2D eigenvalue weighted by molar-refractivity contribution is 5.51. The highest BCUT2D eigenvalue weighted by Crippen LogP contribution is 2.15. The Bertz CT molecular complexity index is 427. The van der Waals surface area contributed by atoms with Crippen LogP contribution in [-0.2, 0) is 0 Å². The van der Waals surface area contributed by atoms with Crippen molar-refractivity contribution in [2.45, 2.75) is 26.7 Å². The minimum atomic E-state index is 0.491. The third-order valence-corrected chi connectivity index (χ3v) is 2.31. The van der Waals surface area contributed by atoms with E-state index in [0.717, 1.165) is 11.4 Å². The number of fused-ring (bicyclic) bond motifs is 1. The van der Waals surface area contributed by atoms with E-state index in [2.05, 4.69) is 48.6 Å². The van der Waals surface area contributed by atoms with E-state index in [4.69, 9.17) is 0 Å². The van der Waals surface area contributed by atoms with Gasteiger partial charge in [0.2, 0.25) is 0 Å². The first kappa shape index (κ1) is 8.30. The minimum Gasteiger partial charge on any atom is -0.320 e. The van der Waals surface area contributed by atoms with Gasteiger partial charge in [-0.3, -0.25) is 4.98 Å². The first-order valence-corrected chi connectivity index (χ1v) is 4.62. The molecule has 0 saturated carbocycles. The van der Waals surface area contributed by atoms with Crippen LogP contribution < -0.4 is 0 Å². The van der Waals surface area contributed by atoms with Gasteiger partial charge >= 0.3 is 0 Å². The van der Waals surface area contributed by atoms with E-state index < -0.39 is 0 Å². The summed E-state index contributed by atoms with van der Waals surface area (Å²) in [5, 5.41) is 0. The Labute approximate surface area is 78.2 Å². The number of hydrogen-bond donors (Lipinski definition) is 0. The quantitative estimate of drug-likeness (QED) is 0.649. The molecule has 0 fully saturated rings. The normalized spacial score (nSPS) is 11.4. The Hall–Kier alpha value is -1.31. The summed E-state index contributed by atoms with van der Waals surface area (Å²) in [5.41, 5.74) is 3.46. The van der Waals surface area contributed by atoms with Crippen molar-refractivity contribution in [3.8, 4) is 0 Å². The first-order chi connectivity index (χ1) is 6.18. The molecule has 2 heteroatoms. The van der Waals surface area contributed by atoms with Crippen molar-refractivity contribution in [3.05, 3.63) is 35.9 Å². The van der Waals surface area contributed by atoms with E-state index in [1.165, 1.54) is 5.52 Å². The zero-order valence-electron chi connectivity index (χ0n) is 8.28. The van der Waals surface area contributed by atoms with Crippen molar-refractivity contribution < 1.29 is 0 Å². The molecule has 0 spiro atoms.